The number of thioether (sulfide) groups is 1. The monoisotopic (exact) mass is 481 g/mol. The fraction of sp³-hybridized carbons (Fsp3) is 0.182. The van der Waals surface area contributed by atoms with E-state index in [4.69, 9.17) is 0 Å². The number of benzene rings is 1. The average Bonchev–Trinajstić information content (AvgIpc) is 3.56. The molecule has 0 saturated heterocycles. The number of amides is 1. The van der Waals surface area contributed by atoms with Crippen LogP contribution in [0.5, 0.6) is 0 Å². The first-order chi connectivity index (χ1) is 15.6. The second-order valence-electron chi connectivity index (χ2n) is 7.11. The van der Waals surface area contributed by atoms with Gasteiger partial charge in [-0.05, 0) is 47.0 Å². The molecule has 0 fully saturated rings. The molecule has 1 N–H and O–H groups in total. The average molecular weight is 482 g/mol. The van der Waals surface area contributed by atoms with Crippen LogP contribution in [0.1, 0.15) is 17.4 Å². The van der Waals surface area contributed by atoms with Gasteiger partial charge in [-0.15, -0.1) is 32.9 Å². The van der Waals surface area contributed by atoms with Gasteiger partial charge < -0.3 is 5.32 Å². The normalized spacial score (nSPS) is 11.4. The number of thiophene rings is 2. The standard InChI is InChI=1S/C22H19N5O2S3/c1-2-14-5-3-6-15(11-14)23-18(28)13-32-22-25-24-21-26(12-16-7-4-9-30-16)20(29)19-17(27(21)22)8-10-31-19/h3-11H,2,12-13H2,1H3,(H,23,28). The van der Waals surface area contributed by atoms with Crippen LogP contribution in [-0.4, -0.2) is 30.8 Å². The molecule has 7 nitrogen and oxygen atoms in total. The summed E-state index contributed by atoms with van der Waals surface area (Å²) in [6.07, 6.45) is 0.911. The summed E-state index contributed by atoms with van der Waals surface area (Å²) in [6, 6.07) is 13.7. The lowest BCUT2D eigenvalue weighted by molar-refractivity contribution is -0.113. The van der Waals surface area contributed by atoms with Crippen molar-refractivity contribution in [3.8, 4) is 0 Å². The zero-order chi connectivity index (χ0) is 22.1. The molecule has 4 aromatic heterocycles. The molecule has 1 amide bonds. The molecule has 5 rings (SSSR count). The Labute approximate surface area is 195 Å². The predicted molar refractivity (Wildman–Crippen MR) is 131 cm³/mol. The highest BCUT2D eigenvalue weighted by Gasteiger charge is 2.19. The summed E-state index contributed by atoms with van der Waals surface area (Å²) in [6.45, 7) is 2.52. The second-order valence-corrected chi connectivity index (χ2v) is 10.0. The minimum absolute atomic E-state index is 0.0756. The maximum Gasteiger partial charge on any atom is 0.273 e. The molecule has 0 aliphatic carbocycles. The van der Waals surface area contributed by atoms with Gasteiger partial charge in [-0.1, -0.05) is 36.9 Å². The van der Waals surface area contributed by atoms with Gasteiger partial charge in [0, 0.05) is 10.6 Å². The molecule has 0 radical (unpaired) electrons. The number of carbonyl (C=O) groups excluding carboxylic acids is 1. The minimum atomic E-state index is -0.117. The number of nitrogens with zero attached hydrogens (tertiary/aromatic N) is 4. The topological polar surface area (TPSA) is 81.3 Å². The molecule has 4 heterocycles. The van der Waals surface area contributed by atoms with E-state index in [1.807, 2.05) is 57.6 Å². The van der Waals surface area contributed by atoms with E-state index < -0.39 is 0 Å². The lowest BCUT2D eigenvalue weighted by atomic mass is 10.1. The van der Waals surface area contributed by atoms with Crippen LogP contribution in [-0.2, 0) is 17.8 Å². The predicted octanol–water partition coefficient (Wildman–Crippen LogP) is 4.51. The van der Waals surface area contributed by atoms with Gasteiger partial charge in [-0.25, -0.2) is 0 Å². The summed E-state index contributed by atoms with van der Waals surface area (Å²) < 4.78 is 4.17. The van der Waals surface area contributed by atoms with Crippen molar-refractivity contribution in [1.82, 2.24) is 19.2 Å². The molecular weight excluding hydrogens is 462 g/mol. The van der Waals surface area contributed by atoms with Crippen molar-refractivity contribution >= 4 is 62.0 Å². The maximum atomic E-state index is 13.1. The molecule has 0 bridgehead atoms. The lowest BCUT2D eigenvalue weighted by Crippen LogP contribution is -2.22. The zero-order valence-corrected chi connectivity index (χ0v) is 19.6. The summed E-state index contributed by atoms with van der Waals surface area (Å²) in [5, 5.41) is 16.0. The van der Waals surface area contributed by atoms with Crippen LogP contribution in [0.2, 0.25) is 0 Å². The van der Waals surface area contributed by atoms with Crippen molar-refractivity contribution in [2.75, 3.05) is 11.1 Å². The van der Waals surface area contributed by atoms with E-state index in [9.17, 15) is 9.59 Å². The Bertz CT molecular complexity index is 1470. The molecule has 32 heavy (non-hydrogen) atoms. The van der Waals surface area contributed by atoms with Crippen molar-refractivity contribution in [2.45, 2.75) is 25.0 Å². The Balaban J connectivity index is 1.44. The van der Waals surface area contributed by atoms with Crippen molar-refractivity contribution in [1.29, 1.82) is 0 Å². The highest BCUT2D eigenvalue weighted by atomic mass is 32.2. The van der Waals surface area contributed by atoms with Gasteiger partial charge >= 0.3 is 0 Å². The van der Waals surface area contributed by atoms with E-state index >= 15 is 0 Å². The number of rotatable bonds is 7. The molecule has 0 spiro atoms. The van der Waals surface area contributed by atoms with Crippen molar-refractivity contribution < 1.29 is 4.79 Å². The third kappa shape index (κ3) is 3.96. The van der Waals surface area contributed by atoms with E-state index in [1.165, 1.54) is 28.7 Å². The number of fused-ring (bicyclic) bond motifs is 3. The molecule has 1 aromatic carbocycles. The first-order valence-electron chi connectivity index (χ1n) is 10.0. The number of anilines is 1. The van der Waals surface area contributed by atoms with E-state index in [0.29, 0.717) is 22.2 Å². The Morgan fingerprint density at radius 3 is 2.84 bits per heavy atom. The van der Waals surface area contributed by atoms with Crippen molar-refractivity contribution in [2.24, 2.45) is 0 Å². The van der Waals surface area contributed by atoms with Crippen LogP contribution in [0.4, 0.5) is 5.69 Å². The minimum Gasteiger partial charge on any atom is -0.325 e. The van der Waals surface area contributed by atoms with Gasteiger partial charge in [0.15, 0.2) is 5.16 Å². The Hall–Kier alpha value is -2.95. The third-order valence-corrected chi connectivity index (χ3v) is 7.71. The number of nitrogens with one attached hydrogen (secondary N) is 1. The first-order valence-corrected chi connectivity index (χ1v) is 12.8. The quantitative estimate of drug-likeness (QED) is 0.346. The summed E-state index contributed by atoms with van der Waals surface area (Å²) in [4.78, 5) is 26.7. The van der Waals surface area contributed by atoms with Crippen LogP contribution in [0.25, 0.3) is 16.0 Å². The second kappa shape index (κ2) is 8.89. The highest BCUT2D eigenvalue weighted by Crippen LogP contribution is 2.25. The molecule has 0 saturated carbocycles. The fourth-order valence-corrected chi connectivity index (χ4v) is 5.75. The van der Waals surface area contributed by atoms with E-state index in [1.54, 1.807) is 15.9 Å². The zero-order valence-electron chi connectivity index (χ0n) is 17.1. The van der Waals surface area contributed by atoms with Crippen LogP contribution in [0.3, 0.4) is 0 Å². The number of aryl methyl sites for hydroxylation is 1. The number of aromatic nitrogens is 4. The molecular formula is C22H19N5O2S3. The Morgan fingerprint density at radius 2 is 2.03 bits per heavy atom. The van der Waals surface area contributed by atoms with E-state index in [0.717, 1.165) is 22.5 Å². The molecule has 0 aliphatic heterocycles. The number of hydrogen-bond donors (Lipinski definition) is 1. The molecule has 0 aliphatic rings. The fourth-order valence-electron chi connectivity index (χ4n) is 3.49. The maximum absolute atomic E-state index is 13.1. The van der Waals surface area contributed by atoms with Gasteiger partial charge in [0.1, 0.15) is 4.70 Å². The van der Waals surface area contributed by atoms with E-state index in [2.05, 4.69) is 22.4 Å². The van der Waals surface area contributed by atoms with Gasteiger partial charge in [-0.3, -0.25) is 18.6 Å². The molecule has 10 heteroatoms. The SMILES string of the molecule is CCc1cccc(NC(=O)CSc2nnc3n(Cc4cccs4)c(=O)c4sccc4n23)c1. The Morgan fingerprint density at radius 1 is 1.12 bits per heavy atom. The van der Waals surface area contributed by atoms with Gasteiger partial charge in [-0.2, -0.15) is 0 Å². The summed E-state index contributed by atoms with van der Waals surface area (Å²) in [5.74, 6) is 0.550. The van der Waals surface area contributed by atoms with E-state index in [-0.39, 0.29) is 17.2 Å². The number of hydrogen-bond acceptors (Lipinski definition) is 7. The molecule has 0 atom stereocenters. The summed E-state index contributed by atoms with van der Waals surface area (Å²) >= 11 is 4.30. The third-order valence-electron chi connectivity index (χ3n) is 5.03. The molecule has 162 valence electrons. The highest BCUT2D eigenvalue weighted by molar-refractivity contribution is 7.99. The largest absolute Gasteiger partial charge is 0.325 e. The van der Waals surface area contributed by atoms with Crippen LogP contribution < -0.4 is 10.9 Å². The van der Waals surface area contributed by atoms with Crippen molar-refractivity contribution in [3.05, 3.63) is 74.0 Å². The van der Waals surface area contributed by atoms with Crippen LogP contribution in [0.15, 0.2) is 63.2 Å². The van der Waals surface area contributed by atoms with Gasteiger partial charge in [0.05, 0.1) is 17.8 Å². The van der Waals surface area contributed by atoms with Crippen LogP contribution in [0, 0.1) is 0 Å². The molecule has 5 aromatic rings. The van der Waals surface area contributed by atoms with Gasteiger partial charge in [0.2, 0.25) is 11.7 Å². The summed E-state index contributed by atoms with van der Waals surface area (Å²) in [7, 11) is 0. The van der Waals surface area contributed by atoms with Crippen molar-refractivity contribution in [3.63, 3.8) is 0 Å². The Kier molecular flexibility index (Phi) is 5.81. The molecule has 0 unspecified atom stereocenters. The smallest absolute Gasteiger partial charge is 0.273 e. The van der Waals surface area contributed by atoms with Crippen LogP contribution >= 0.6 is 34.4 Å². The number of carbonyl (C=O) groups is 1. The lowest BCUT2D eigenvalue weighted by Gasteiger charge is -2.09. The van der Waals surface area contributed by atoms with Gasteiger partial charge in [0.25, 0.3) is 5.56 Å². The first kappa shape index (κ1) is 20.9. The summed E-state index contributed by atoms with van der Waals surface area (Å²) in [5.41, 5.74) is 2.64.